The number of likely N-dealkylation sites (tertiary alicyclic amines) is 1. The molecule has 2 aliphatic rings. The molecule has 104 valence electrons. The first kappa shape index (κ1) is 13.4. The van der Waals surface area contributed by atoms with Gasteiger partial charge in [0, 0.05) is 35.8 Å². The predicted molar refractivity (Wildman–Crippen MR) is 79.3 cm³/mol. The van der Waals surface area contributed by atoms with Crippen molar-refractivity contribution in [2.45, 2.75) is 43.8 Å². The first-order valence-corrected chi connectivity index (χ1v) is 8.05. The first-order valence-electron chi connectivity index (χ1n) is 7.06. The Bertz CT molecular complexity index is 417. The standard InChI is InChI=1S/C15H22N2OS/c1-12(2)17-10-15(11-17)7-14(9-19-15)18-8-13-5-3-4-6-16-13/h3-6,12,14H,7-11H2,1-2H3/t14-/m1/s1. The number of hydrogen-bond acceptors (Lipinski definition) is 4. The maximum Gasteiger partial charge on any atom is 0.0892 e. The third-order valence-corrected chi connectivity index (χ3v) is 5.66. The molecule has 1 spiro atoms. The smallest absolute Gasteiger partial charge is 0.0892 e. The highest BCUT2D eigenvalue weighted by atomic mass is 32.2. The van der Waals surface area contributed by atoms with Gasteiger partial charge in [0.15, 0.2) is 0 Å². The van der Waals surface area contributed by atoms with Gasteiger partial charge in [-0.3, -0.25) is 9.88 Å². The summed E-state index contributed by atoms with van der Waals surface area (Å²) in [6.45, 7) is 7.68. The first-order chi connectivity index (χ1) is 9.17. The van der Waals surface area contributed by atoms with Crippen molar-refractivity contribution in [1.29, 1.82) is 0 Å². The highest BCUT2D eigenvalue weighted by molar-refractivity contribution is 8.01. The summed E-state index contributed by atoms with van der Waals surface area (Å²) in [6, 6.07) is 6.67. The zero-order valence-electron chi connectivity index (χ0n) is 11.7. The number of thioether (sulfide) groups is 1. The lowest BCUT2D eigenvalue weighted by Gasteiger charge is -2.49. The Morgan fingerprint density at radius 2 is 2.32 bits per heavy atom. The number of nitrogens with zero attached hydrogens (tertiary/aromatic N) is 2. The van der Waals surface area contributed by atoms with Crippen molar-refractivity contribution in [2.24, 2.45) is 0 Å². The van der Waals surface area contributed by atoms with E-state index >= 15 is 0 Å². The Labute approximate surface area is 119 Å². The lowest BCUT2D eigenvalue weighted by molar-refractivity contribution is 0.0194. The van der Waals surface area contributed by atoms with Crippen molar-refractivity contribution < 1.29 is 4.74 Å². The normalized spacial score (nSPS) is 25.9. The number of pyridine rings is 1. The van der Waals surface area contributed by atoms with Crippen LogP contribution in [0.1, 0.15) is 26.0 Å². The average molecular weight is 278 g/mol. The van der Waals surface area contributed by atoms with Crippen molar-refractivity contribution in [3.05, 3.63) is 30.1 Å². The maximum absolute atomic E-state index is 6.01. The molecule has 0 saturated carbocycles. The number of ether oxygens (including phenoxy) is 1. The van der Waals surface area contributed by atoms with Crippen LogP contribution in [0.3, 0.4) is 0 Å². The van der Waals surface area contributed by atoms with E-state index in [1.165, 1.54) is 19.5 Å². The fourth-order valence-electron chi connectivity index (χ4n) is 2.88. The van der Waals surface area contributed by atoms with Crippen molar-refractivity contribution in [3.63, 3.8) is 0 Å². The molecule has 3 rings (SSSR count). The molecule has 2 aliphatic heterocycles. The summed E-state index contributed by atoms with van der Waals surface area (Å²) < 4.78 is 6.50. The molecule has 0 unspecified atom stereocenters. The van der Waals surface area contributed by atoms with E-state index in [9.17, 15) is 0 Å². The largest absolute Gasteiger partial charge is 0.371 e. The van der Waals surface area contributed by atoms with E-state index in [1.807, 2.05) is 24.4 Å². The number of hydrogen-bond donors (Lipinski definition) is 0. The molecule has 0 amide bonds. The topological polar surface area (TPSA) is 25.4 Å². The Hall–Kier alpha value is -0.580. The van der Waals surface area contributed by atoms with Gasteiger partial charge in [-0.15, -0.1) is 11.8 Å². The van der Waals surface area contributed by atoms with Crippen molar-refractivity contribution in [3.8, 4) is 0 Å². The molecule has 0 aromatic carbocycles. The molecule has 3 heterocycles. The molecule has 19 heavy (non-hydrogen) atoms. The molecule has 2 fully saturated rings. The molecule has 1 aromatic heterocycles. The van der Waals surface area contributed by atoms with Gasteiger partial charge in [0.1, 0.15) is 0 Å². The van der Waals surface area contributed by atoms with E-state index in [4.69, 9.17) is 4.74 Å². The molecule has 0 N–H and O–H groups in total. The van der Waals surface area contributed by atoms with E-state index in [2.05, 4.69) is 35.5 Å². The van der Waals surface area contributed by atoms with Gasteiger partial charge in [0.25, 0.3) is 0 Å². The zero-order valence-corrected chi connectivity index (χ0v) is 12.5. The second kappa shape index (κ2) is 5.43. The number of rotatable bonds is 4. The molecule has 0 bridgehead atoms. The molecular formula is C15H22N2OS. The molecule has 0 aliphatic carbocycles. The third kappa shape index (κ3) is 2.96. The third-order valence-electron chi connectivity index (χ3n) is 4.08. The van der Waals surface area contributed by atoms with Gasteiger partial charge in [-0.25, -0.2) is 0 Å². The predicted octanol–water partition coefficient (Wildman–Crippen LogP) is 2.57. The summed E-state index contributed by atoms with van der Waals surface area (Å²) in [5.41, 5.74) is 1.03. The van der Waals surface area contributed by atoms with E-state index < -0.39 is 0 Å². The van der Waals surface area contributed by atoms with Crippen LogP contribution in [-0.4, -0.2) is 45.6 Å². The molecule has 1 atom stereocenters. The Morgan fingerprint density at radius 3 is 3.00 bits per heavy atom. The fraction of sp³-hybridized carbons (Fsp3) is 0.667. The molecule has 2 saturated heterocycles. The highest BCUT2D eigenvalue weighted by Crippen LogP contribution is 2.46. The summed E-state index contributed by atoms with van der Waals surface area (Å²) >= 11 is 2.11. The van der Waals surface area contributed by atoms with Crippen LogP contribution in [0.15, 0.2) is 24.4 Å². The van der Waals surface area contributed by atoms with E-state index in [-0.39, 0.29) is 0 Å². The summed E-state index contributed by atoms with van der Waals surface area (Å²) in [6.07, 6.45) is 3.44. The molecule has 3 nitrogen and oxygen atoms in total. The van der Waals surface area contributed by atoms with Gasteiger partial charge in [-0.1, -0.05) is 6.07 Å². The lowest BCUT2D eigenvalue weighted by atomic mass is 9.92. The van der Waals surface area contributed by atoms with Gasteiger partial charge in [0.2, 0.25) is 0 Å². The summed E-state index contributed by atoms with van der Waals surface area (Å²) in [7, 11) is 0. The average Bonchev–Trinajstić information content (AvgIpc) is 2.80. The number of aromatic nitrogens is 1. The summed E-state index contributed by atoms with van der Waals surface area (Å²) in [5, 5.41) is 0. The molecular weight excluding hydrogens is 256 g/mol. The molecule has 4 heteroatoms. The Kier molecular flexibility index (Phi) is 3.83. The second-order valence-corrected chi connectivity index (χ2v) is 7.44. The van der Waals surface area contributed by atoms with Crippen LogP contribution in [0.4, 0.5) is 0 Å². The monoisotopic (exact) mass is 278 g/mol. The van der Waals surface area contributed by atoms with Crippen molar-refractivity contribution in [2.75, 3.05) is 18.8 Å². The minimum absolute atomic E-state index is 0.404. The van der Waals surface area contributed by atoms with E-state index in [1.54, 1.807) is 0 Å². The van der Waals surface area contributed by atoms with Crippen LogP contribution >= 0.6 is 11.8 Å². The minimum atomic E-state index is 0.404. The van der Waals surface area contributed by atoms with E-state index in [0.29, 0.717) is 23.5 Å². The van der Waals surface area contributed by atoms with E-state index in [0.717, 1.165) is 11.4 Å². The van der Waals surface area contributed by atoms with Gasteiger partial charge in [0.05, 0.1) is 18.4 Å². The summed E-state index contributed by atoms with van der Waals surface area (Å²) in [4.78, 5) is 6.86. The molecule has 1 aromatic rings. The molecule has 0 radical (unpaired) electrons. The van der Waals surface area contributed by atoms with Gasteiger partial charge >= 0.3 is 0 Å². The Balaban J connectivity index is 1.46. The summed E-state index contributed by atoms with van der Waals surface area (Å²) in [5.74, 6) is 1.14. The van der Waals surface area contributed by atoms with Crippen LogP contribution in [0.25, 0.3) is 0 Å². The lowest BCUT2D eigenvalue weighted by Crippen LogP contribution is -2.60. The second-order valence-electron chi connectivity index (χ2n) is 5.95. The van der Waals surface area contributed by atoms with Crippen LogP contribution in [0.2, 0.25) is 0 Å². The van der Waals surface area contributed by atoms with Crippen LogP contribution in [-0.2, 0) is 11.3 Å². The quantitative estimate of drug-likeness (QED) is 0.845. The van der Waals surface area contributed by atoms with Gasteiger partial charge < -0.3 is 4.74 Å². The van der Waals surface area contributed by atoms with Crippen molar-refractivity contribution in [1.82, 2.24) is 9.88 Å². The maximum atomic E-state index is 6.01. The van der Waals surface area contributed by atoms with Crippen LogP contribution in [0, 0.1) is 0 Å². The zero-order chi connectivity index (χ0) is 13.3. The Morgan fingerprint density at radius 1 is 1.47 bits per heavy atom. The minimum Gasteiger partial charge on any atom is -0.371 e. The SMILES string of the molecule is CC(C)N1CC2(C[C@@H](OCc3ccccn3)CS2)C1. The highest BCUT2D eigenvalue weighted by Gasteiger charge is 2.49. The fourth-order valence-corrected chi connectivity index (χ4v) is 4.45. The van der Waals surface area contributed by atoms with Crippen LogP contribution in [0.5, 0.6) is 0 Å². The van der Waals surface area contributed by atoms with Crippen LogP contribution < -0.4 is 0 Å². The van der Waals surface area contributed by atoms with Crippen molar-refractivity contribution >= 4 is 11.8 Å². The van der Waals surface area contributed by atoms with Gasteiger partial charge in [-0.2, -0.15) is 0 Å². The van der Waals surface area contributed by atoms with Gasteiger partial charge in [-0.05, 0) is 32.4 Å².